The van der Waals surface area contributed by atoms with Crippen LogP contribution in [0.5, 0.6) is 0 Å². The van der Waals surface area contributed by atoms with E-state index in [1.54, 1.807) is 13.4 Å². The van der Waals surface area contributed by atoms with Crippen molar-refractivity contribution in [2.24, 2.45) is 5.92 Å². The van der Waals surface area contributed by atoms with Gasteiger partial charge in [-0.2, -0.15) is 0 Å². The molecule has 2 rings (SSSR count). The van der Waals surface area contributed by atoms with Crippen LogP contribution in [0.3, 0.4) is 0 Å². The van der Waals surface area contributed by atoms with E-state index >= 15 is 0 Å². The average Bonchev–Trinajstić information content (AvgIpc) is 2.90. The second-order valence-electron chi connectivity index (χ2n) is 6.00. The van der Waals surface area contributed by atoms with Gasteiger partial charge >= 0.3 is 0 Å². The summed E-state index contributed by atoms with van der Waals surface area (Å²) in [6, 6.07) is 0. The van der Waals surface area contributed by atoms with Crippen LogP contribution in [0.15, 0.2) is 12.5 Å². The lowest BCUT2D eigenvalue weighted by Gasteiger charge is -2.24. The first-order chi connectivity index (χ1) is 10.7. The number of ether oxygens (including phenoxy) is 1. The number of aryl methyl sites for hydroxylation is 1. The number of hydrogen-bond acceptors (Lipinski definition) is 4. The number of nitrogens with one attached hydrogen (secondary N) is 1. The number of hydrogen-bond donors (Lipinski definition) is 1. The molecule has 5 heteroatoms. The second-order valence-corrected chi connectivity index (χ2v) is 6.00. The third kappa shape index (κ3) is 3.97. The summed E-state index contributed by atoms with van der Waals surface area (Å²) < 4.78 is 5.13. The highest BCUT2D eigenvalue weighted by atomic mass is 16.5. The van der Waals surface area contributed by atoms with E-state index in [-0.39, 0.29) is 0 Å². The van der Waals surface area contributed by atoms with Gasteiger partial charge < -0.3 is 14.6 Å². The topological polar surface area (TPSA) is 54.0 Å². The third-order valence-corrected chi connectivity index (χ3v) is 4.27. The van der Waals surface area contributed by atoms with Gasteiger partial charge in [-0.05, 0) is 44.6 Å². The zero-order valence-electron chi connectivity index (χ0n) is 14.2. The van der Waals surface area contributed by atoms with Crippen LogP contribution >= 0.6 is 0 Å². The molecule has 0 aromatic carbocycles. The number of fused-ring (bicyclic) bond motifs is 1. The molecule has 1 unspecified atom stereocenters. The maximum absolute atomic E-state index is 5.13. The lowest BCUT2D eigenvalue weighted by Crippen LogP contribution is -2.26. The minimum atomic E-state index is 0.703. The Morgan fingerprint density at radius 3 is 2.86 bits per heavy atom. The fourth-order valence-electron chi connectivity index (χ4n) is 2.85. The number of H-pyrrole nitrogens is 1. The molecule has 0 bridgehead atoms. The highest BCUT2D eigenvalue weighted by Crippen LogP contribution is 2.26. The van der Waals surface area contributed by atoms with Gasteiger partial charge in [-0.3, -0.25) is 0 Å². The van der Waals surface area contributed by atoms with Gasteiger partial charge in [-0.15, -0.1) is 0 Å². The smallest absolute Gasteiger partial charge is 0.143 e. The quantitative estimate of drug-likeness (QED) is 0.720. The second kappa shape index (κ2) is 8.13. The first-order valence-corrected chi connectivity index (χ1v) is 8.19. The van der Waals surface area contributed by atoms with Crippen LogP contribution in [0, 0.1) is 12.8 Å². The van der Waals surface area contributed by atoms with E-state index in [1.165, 1.54) is 18.4 Å². The van der Waals surface area contributed by atoms with Crippen molar-refractivity contribution >= 4 is 16.9 Å². The third-order valence-electron chi connectivity index (χ3n) is 4.27. The molecule has 22 heavy (non-hydrogen) atoms. The largest absolute Gasteiger partial charge is 0.385 e. The molecule has 0 aliphatic heterocycles. The van der Waals surface area contributed by atoms with Crippen molar-refractivity contribution in [1.29, 1.82) is 0 Å². The summed E-state index contributed by atoms with van der Waals surface area (Å²) >= 11 is 0. The van der Waals surface area contributed by atoms with E-state index < -0.39 is 0 Å². The van der Waals surface area contributed by atoms with E-state index in [4.69, 9.17) is 4.74 Å². The molecule has 5 nitrogen and oxygen atoms in total. The Hall–Kier alpha value is -1.62. The highest BCUT2D eigenvalue weighted by Gasteiger charge is 2.14. The monoisotopic (exact) mass is 304 g/mol. The van der Waals surface area contributed by atoms with Gasteiger partial charge in [0.1, 0.15) is 17.8 Å². The van der Waals surface area contributed by atoms with Crippen LogP contribution in [-0.2, 0) is 4.74 Å². The minimum Gasteiger partial charge on any atom is -0.385 e. The molecule has 1 N–H and O–H groups in total. The molecular formula is C17H28N4O. The van der Waals surface area contributed by atoms with Crippen molar-refractivity contribution in [3.63, 3.8) is 0 Å². The van der Waals surface area contributed by atoms with Crippen molar-refractivity contribution in [2.45, 2.75) is 40.0 Å². The Labute approximate surface area is 133 Å². The Morgan fingerprint density at radius 1 is 1.32 bits per heavy atom. The van der Waals surface area contributed by atoms with E-state index in [0.29, 0.717) is 5.92 Å². The van der Waals surface area contributed by atoms with Crippen LogP contribution < -0.4 is 4.90 Å². The van der Waals surface area contributed by atoms with Crippen molar-refractivity contribution in [3.05, 3.63) is 18.1 Å². The summed E-state index contributed by atoms with van der Waals surface area (Å²) in [5.74, 6) is 1.75. The van der Waals surface area contributed by atoms with E-state index in [0.717, 1.165) is 43.0 Å². The molecule has 122 valence electrons. The van der Waals surface area contributed by atoms with Crippen molar-refractivity contribution in [3.8, 4) is 0 Å². The van der Waals surface area contributed by atoms with Gasteiger partial charge in [0.25, 0.3) is 0 Å². The van der Waals surface area contributed by atoms with Crippen LogP contribution in [0.2, 0.25) is 0 Å². The molecular weight excluding hydrogens is 276 g/mol. The van der Waals surface area contributed by atoms with Crippen LogP contribution in [0.4, 0.5) is 5.82 Å². The zero-order chi connectivity index (χ0) is 15.9. The number of nitrogens with zero attached hydrogens (tertiary/aromatic N) is 3. The Bertz CT molecular complexity index is 581. The fraction of sp³-hybridized carbons (Fsp3) is 0.647. The van der Waals surface area contributed by atoms with E-state index in [2.05, 4.69) is 40.6 Å². The summed E-state index contributed by atoms with van der Waals surface area (Å²) in [5.41, 5.74) is 2.13. The average molecular weight is 304 g/mol. The molecule has 1 atom stereocenters. The molecule has 0 aliphatic carbocycles. The Balaban J connectivity index is 2.03. The van der Waals surface area contributed by atoms with Crippen LogP contribution in [-0.4, -0.2) is 41.8 Å². The van der Waals surface area contributed by atoms with Crippen LogP contribution in [0.25, 0.3) is 11.0 Å². The van der Waals surface area contributed by atoms with Crippen molar-refractivity contribution in [2.75, 3.05) is 31.7 Å². The van der Waals surface area contributed by atoms with Crippen molar-refractivity contribution < 1.29 is 4.74 Å². The molecule has 2 aromatic rings. The van der Waals surface area contributed by atoms with Gasteiger partial charge in [-0.1, -0.05) is 6.92 Å². The standard InChI is InChI=1S/C17H28N4O/c1-5-21(9-8-13(2)7-6-10-22-4)17-15-14(3)11-18-16(15)19-12-20-17/h11-13H,5-10H2,1-4H3,(H,18,19,20). The zero-order valence-corrected chi connectivity index (χ0v) is 14.2. The fourth-order valence-corrected chi connectivity index (χ4v) is 2.85. The lowest BCUT2D eigenvalue weighted by molar-refractivity contribution is 0.187. The number of methoxy groups -OCH3 is 1. The molecule has 0 spiro atoms. The first kappa shape index (κ1) is 16.7. The number of rotatable bonds is 9. The molecule has 0 fully saturated rings. The summed E-state index contributed by atoms with van der Waals surface area (Å²) in [6.07, 6.45) is 7.18. The molecule has 0 aliphatic rings. The predicted octanol–water partition coefficient (Wildman–Crippen LogP) is 3.55. The number of anilines is 1. The maximum atomic E-state index is 5.13. The Kier molecular flexibility index (Phi) is 6.19. The maximum Gasteiger partial charge on any atom is 0.143 e. The SMILES string of the molecule is CCN(CCC(C)CCCOC)c1ncnc2[nH]cc(C)c12. The summed E-state index contributed by atoms with van der Waals surface area (Å²) in [7, 11) is 1.77. The minimum absolute atomic E-state index is 0.703. The van der Waals surface area contributed by atoms with Gasteiger partial charge in [0, 0.05) is 33.0 Å². The number of aromatic amines is 1. The molecule has 2 aromatic heterocycles. The molecule has 0 saturated heterocycles. The first-order valence-electron chi connectivity index (χ1n) is 8.19. The van der Waals surface area contributed by atoms with Gasteiger partial charge in [-0.25, -0.2) is 9.97 Å². The van der Waals surface area contributed by atoms with Gasteiger partial charge in [0.15, 0.2) is 0 Å². The van der Waals surface area contributed by atoms with Crippen LogP contribution in [0.1, 0.15) is 38.7 Å². The summed E-state index contributed by atoms with van der Waals surface area (Å²) in [5, 5.41) is 1.15. The molecule has 0 radical (unpaired) electrons. The summed E-state index contributed by atoms with van der Waals surface area (Å²) in [6.45, 7) is 9.46. The highest BCUT2D eigenvalue weighted by molar-refractivity contribution is 5.90. The predicted molar refractivity (Wildman–Crippen MR) is 91.4 cm³/mol. The molecule has 0 amide bonds. The lowest BCUT2D eigenvalue weighted by atomic mass is 10.0. The van der Waals surface area contributed by atoms with Crippen molar-refractivity contribution in [1.82, 2.24) is 15.0 Å². The Morgan fingerprint density at radius 2 is 2.14 bits per heavy atom. The van der Waals surface area contributed by atoms with Gasteiger partial charge in [0.05, 0.1) is 5.39 Å². The van der Waals surface area contributed by atoms with E-state index in [9.17, 15) is 0 Å². The van der Waals surface area contributed by atoms with E-state index in [1.807, 2.05) is 6.20 Å². The van der Waals surface area contributed by atoms with Gasteiger partial charge in [0.2, 0.25) is 0 Å². The number of aromatic nitrogens is 3. The molecule has 0 saturated carbocycles. The summed E-state index contributed by atoms with van der Waals surface area (Å²) in [4.78, 5) is 14.4. The normalized spacial score (nSPS) is 12.7. The molecule has 2 heterocycles.